The van der Waals surface area contributed by atoms with Crippen LogP contribution >= 0.6 is 0 Å². The van der Waals surface area contributed by atoms with Gasteiger partial charge in [0.15, 0.2) is 0 Å². The molecule has 1 unspecified atom stereocenters. The van der Waals surface area contributed by atoms with Gasteiger partial charge in [-0.25, -0.2) is 0 Å². The van der Waals surface area contributed by atoms with E-state index in [1.54, 1.807) is 0 Å². The lowest BCUT2D eigenvalue weighted by molar-refractivity contribution is 0.105. The second kappa shape index (κ2) is 2.23. The van der Waals surface area contributed by atoms with E-state index in [0.717, 1.165) is 11.5 Å². The lowest BCUT2D eigenvalue weighted by Gasteiger charge is -2.43. The van der Waals surface area contributed by atoms with Gasteiger partial charge in [0, 0.05) is 6.04 Å². The van der Waals surface area contributed by atoms with E-state index in [4.69, 9.17) is 0 Å². The fourth-order valence-corrected chi connectivity index (χ4v) is 2.82. The van der Waals surface area contributed by atoms with Crippen LogP contribution in [0.4, 0.5) is 0 Å². The van der Waals surface area contributed by atoms with Gasteiger partial charge in [-0.3, -0.25) is 0 Å². The van der Waals surface area contributed by atoms with Crippen LogP contribution in [0.15, 0.2) is 0 Å². The highest BCUT2D eigenvalue weighted by molar-refractivity contribution is 5.00. The molecule has 0 aromatic rings. The van der Waals surface area contributed by atoms with E-state index in [1.807, 2.05) is 0 Å². The van der Waals surface area contributed by atoms with E-state index in [1.165, 1.54) is 38.5 Å². The van der Waals surface area contributed by atoms with E-state index < -0.39 is 0 Å². The fourth-order valence-electron chi connectivity index (χ4n) is 2.82. The Morgan fingerprint density at radius 2 is 1.90 bits per heavy atom. The summed E-state index contributed by atoms with van der Waals surface area (Å²) in [5.74, 6) is 0. The molecule has 0 radical (unpaired) electrons. The Morgan fingerprint density at radius 3 is 2.30 bits per heavy atom. The Labute approximate surface area is 63.2 Å². The van der Waals surface area contributed by atoms with Gasteiger partial charge < -0.3 is 5.32 Å². The molecule has 0 aromatic heterocycles. The first-order chi connectivity index (χ1) is 4.87. The summed E-state index contributed by atoms with van der Waals surface area (Å²) < 4.78 is 0. The number of hydrogen-bond acceptors (Lipinski definition) is 1. The maximum Gasteiger partial charge on any atom is 0.0120 e. The molecule has 1 heteroatoms. The standard InChI is InChI=1S/C9H17N/c1-10-8-4-2-5-9(8)6-3-7-9/h8,10H,2-7H2,1H3. The summed E-state index contributed by atoms with van der Waals surface area (Å²) in [6.07, 6.45) is 8.87. The quantitative estimate of drug-likeness (QED) is 0.585. The maximum absolute atomic E-state index is 3.46. The molecule has 2 aliphatic rings. The van der Waals surface area contributed by atoms with Gasteiger partial charge >= 0.3 is 0 Å². The summed E-state index contributed by atoms with van der Waals surface area (Å²) >= 11 is 0. The molecular weight excluding hydrogens is 122 g/mol. The minimum atomic E-state index is 0.773. The van der Waals surface area contributed by atoms with Crippen molar-refractivity contribution in [2.75, 3.05) is 7.05 Å². The number of rotatable bonds is 1. The van der Waals surface area contributed by atoms with Crippen molar-refractivity contribution >= 4 is 0 Å². The molecule has 10 heavy (non-hydrogen) atoms. The van der Waals surface area contributed by atoms with Crippen molar-refractivity contribution in [3.63, 3.8) is 0 Å². The van der Waals surface area contributed by atoms with Crippen LogP contribution in [0.5, 0.6) is 0 Å². The molecule has 1 nitrogen and oxygen atoms in total. The van der Waals surface area contributed by atoms with Gasteiger partial charge in [-0.15, -0.1) is 0 Å². The predicted molar refractivity (Wildman–Crippen MR) is 43.0 cm³/mol. The van der Waals surface area contributed by atoms with Crippen molar-refractivity contribution < 1.29 is 0 Å². The summed E-state index contributed by atoms with van der Waals surface area (Å²) in [7, 11) is 2.12. The SMILES string of the molecule is CNC1CCCC12CCC2. The summed E-state index contributed by atoms with van der Waals surface area (Å²) in [5, 5.41) is 3.46. The Hall–Kier alpha value is -0.0400. The third-order valence-electron chi connectivity index (χ3n) is 3.60. The minimum Gasteiger partial charge on any atom is -0.316 e. The Bertz CT molecular complexity index is 127. The number of nitrogens with one attached hydrogen (secondary N) is 1. The maximum atomic E-state index is 3.46. The van der Waals surface area contributed by atoms with Gasteiger partial charge in [-0.05, 0) is 38.1 Å². The molecule has 1 N–H and O–H groups in total. The highest BCUT2D eigenvalue weighted by Crippen LogP contribution is 2.52. The summed E-state index contributed by atoms with van der Waals surface area (Å²) in [6.45, 7) is 0. The van der Waals surface area contributed by atoms with Gasteiger partial charge in [-0.1, -0.05) is 12.8 Å². The average Bonchev–Trinajstić information content (AvgIpc) is 2.27. The molecule has 1 spiro atoms. The van der Waals surface area contributed by atoms with Crippen molar-refractivity contribution in [3.8, 4) is 0 Å². The van der Waals surface area contributed by atoms with Crippen LogP contribution in [0, 0.1) is 5.41 Å². The zero-order valence-electron chi connectivity index (χ0n) is 6.82. The van der Waals surface area contributed by atoms with Crippen molar-refractivity contribution in [2.24, 2.45) is 5.41 Å². The van der Waals surface area contributed by atoms with E-state index in [-0.39, 0.29) is 0 Å². The molecule has 2 saturated carbocycles. The van der Waals surface area contributed by atoms with E-state index in [0.29, 0.717) is 0 Å². The lowest BCUT2D eigenvalue weighted by Crippen LogP contribution is -2.44. The first-order valence-electron chi connectivity index (χ1n) is 4.55. The molecule has 0 heterocycles. The lowest BCUT2D eigenvalue weighted by atomic mass is 9.65. The third-order valence-corrected chi connectivity index (χ3v) is 3.60. The van der Waals surface area contributed by atoms with Crippen molar-refractivity contribution in [1.29, 1.82) is 0 Å². The van der Waals surface area contributed by atoms with Crippen LogP contribution in [0.3, 0.4) is 0 Å². The number of hydrogen-bond donors (Lipinski definition) is 1. The molecular formula is C9H17N. The third kappa shape index (κ3) is 0.731. The summed E-state index contributed by atoms with van der Waals surface area (Å²) in [5.41, 5.74) is 0.773. The largest absolute Gasteiger partial charge is 0.316 e. The van der Waals surface area contributed by atoms with Crippen LogP contribution in [0.25, 0.3) is 0 Å². The first kappa shape index (κ1) is 6.66. The van der Waals surface area contributed by atoms with Crippen molar-refractivity contribution in [1.82, 2.24) is 5.32 Å². The van der Waals surface area contributed by atoms with Crippen molar-refractivity contribution in [2.45, 2.75) is 44.6 Å². The van der Waals surface area contributed by atoms with Crippen LogP contribution in [0.2, 0.25) is 0 Å². The molecule has 0 saturated heterocycles. The monoisotopic (exact) mass is 139 g/mol. The van der Waals surface area contributed by atoms with E-state index >= 15 is 0 Å². The minimum absolute atomic E-state index is 0.773. The normalized spacial score (nSPS) is 36.3. The Kier molecular flexibility index (Phi) is 1.48. The summed E-state index contributed by atoms with van der Waals surface area (Å²) in [6, 6.07) is 0.862. The van der Waals surface area contributed by atoms with Crippen LogP contribution in [-0.4, -0.2) is 13.1 Å². The molecule has 2 fully saturated rings. The van der Waals surface area contributed by atoms with Gasteiger partial charge in [0.05, 0.1) is 0 Å². The molecule has 58 valence electrons. The summed E-state index contributed by atoms with van der Waals surface area (Å²) in [4.78, 5) is 0. The predicted octanol–water partition coefficient (Wildman–Crippen LogP) is 1.93. The van der Waals surface area contributed by atoms with Gasteiger partial charge in [0.1, 0.15) is 0 Å². The highest BCUT2D eigenvalue weighted by Gasteiger charge is 2.45. The van der Waals surface area contributed by atoms with Gasteiger partial charge in [-0.2, -0.15) is 0 Å². The molecule has 0 aromatic carbocycles. The van der Waals surface area contributed by atoms with Crippen LogP contribution in [0.1, 0.15) is 38.5 Å². The second-order valence-electron chi connectivity index (χ2n) is 3.95. The fraction of sp³-hybridized carbons (Fsp3) is 1.00. The highest BCUT2D eigenvalue weighted by atomic mass is 14.9. The molecule has 0 amide bonds. The van der Waals surface area contributed by atoms with Crippen molar-refractivity contribution in [3.05, 3.63) is 0 Å². The second-order valence-corrected chi connectivity index (χ2v) is 3.95. The molecule has 2 rings (SSSR count). The average molecular weight is 139 g/mol. The molecule has 2 aliphatic carbocycles. The van der Waals surface area contributed by atoms with Gasteiger partial charge in [0.2, 0.25) is 0 Å². The van der Waals surface area contributed by atoms with E-state index in [9.17, 15) is 0 Å². The Balaban J connectivity index is 2.05. The van der Waals surface area contributed by atoms with Crippen LogP contribution in [-0.2, 0) is 0 Å². The topological polar surface area (TPSA) is 12.0 Å². The van der Waals surface area contributed by atoms with Crippen LogP contribution < -0.4 is 5.32 Å². The molecule has 0 bridgehead atoms. The van der Waals surface area contributed by atoms with Gasteiger partial charge in [0.25, 0.3) is 0 Å². The smallest absolute Gasteiger partial charge is 0.0120 e. The molecule has 0 aliphatic heterocycles. The van der Waals surface area contributed by atoms with E-state index in [2.05, 4.69) is 12.4 Å². The Morgan fingerprint density at radius 1 is 1.20 bits per heavy atom. The molecule has 1 atom stereocenters. The zero-order valence-corrected chi connectivity index (χ0v) is 6.82. The zero-order chi connectivity index (χ0) is 7.03. The first-order valence-corrected chi connectivity index (χ1v) is 4.55.